The Bertz CT molecular complexity index is 331. The summed E-state index contributed by atoms with van der Waals surface area (Å²) in [5.41, 5.74) is 0. The molecule has 5 nitrogen and oxygen atoms in total. The molecule has 0 saturated heterocycles. The van der Waals surface area contributed by atoms with Gasteiger partial charge in [0.25, 0.3) is 0 Å². The Balaban J connectivity index is 2.74. The largest absolute Gasteiger partial charge is 0.357 e. The van der Waals surface area contributed by atoms with Crippen molar-refractivity contribution in [1.82, 2.24) is 15.0 Å². The van der Waals surface area contributed by atoms with Crippen molar-refractivity contribution in [2.24, 2.45) is 0 Å². The van der Waals surface area contributed by atoms with Crippen molar-refractivity contribution in [2.75, 3.05) is 17.7 Å². The van der Waals surface area contributed by atoms with Gasteiger partial charge in [0.2, 0.25) is 17.2 Å². The molecule has 90 valence electrons. The molecule has 1 heterocycles. The monoisotopic (exact) mass is 243 g/mol. The minimum absolute atomic E-state index is 0.202. The predicted octanol–water partition coefficient (Wildman–Crippen LogP) is 2.56. The number of nitrogens with one attached hydrogen (secondary N) is 2. The summed E-state index contributed by atoms with van der Waals surface area (Å²) in [6.45, 7) is 4.29. The fraction of sp³-hybridized carbons (Fsp3) is 0.700. The van der Waals surface area contributed by atoms with Gasteiger partial charge in [-0.1, -0.05) is 20.3 Å². The summed E-state index contributed by atoms with van der Waals surface area (Å²) in [5.74, 6) is 1.01. The number of aromatic nitrogens is 3. The average Bonchev–Trinajstić information content (AvgIpc) is 2.27. The van der Waals surface area contributed by atoms with Gasteiger partial charge in [-0.05, 0) is 24.4 Å². The van der Waals surface area contributed by atoms with E-state index >= 15 is 0 Å². The molecular weight excluding hydrogens is 226 g/mol. The molecule has 1 aromatic heterocycles. The predicted molar refractivity (Wildman–Crippen MR) is 67.0 cm³/mol. The van der Waals surface area contributed by atoms with Gasteiger partial charge >= 0.3 is 0 Å². The summed E-state index contributed by atoms with van der Waals surface area (Å²) in [6, 6.07) is 0.383. The lowest BCUT2D eigenvalue weighted by atomic mass is 10.1. The number of rotatable bonds is 6. The molecule has 6 heteroatoms. The maximum absolute atomic E-state index is 5.79. The Morgan fingerprint density at radius 1 is 1.19 bits per heavy atom. The lowest BCUT2D eigenvalue weighted by molar-refractivity contribution is 0.617. The highest BCUT2D eigenvalue weighted by Gasteiger charge is 2.09. The molecule has 0 aromatic carbocycles. The second-order valence-corrected chi connectivity index (χ2v) is 3.88. The highest BCUT2D eigenvalue weighted by Crippen LogP contribution is 2.12. The van der Waals surface area contributed by atoms with E-state index in [9.17, 15) is 0 Å². The van der Waals surface area contributed by atoms with E-state index in [4.69, 9.17) is 11.6 Å². The van der Waals surface area contributed by atoms with E-state index in [0.717, 1.165) is 19.3 Å². The van der Waals surface area contributed by atoms with Crippen molar-refractivity contribution in [3.05, 3.63) is 5.28 Å². The lowest BCUT2D eigenvalue weighted by Crippen LogP contribution is -2.20. The molecule has 0 aliphatic rings. The van der Waals surface area contributed by atoms with Crippen LogP contribution in [0.25, 0.3) is 0 Å². The van der Waals surface area contributed by atoms with E-state index in [1.54, 1.807) is 7.05 Å². The molecule has 1 rings (SSSR count). The molecular formula is C10H18ClN5. The van der Waals surface area contributed by atoms with E-state index < -0.39 is 0 Å². The smallest absolute Gasteiger partial charge is 0.229 e. The first kappa shape index (κ1) is 13.0. The normalized spacial score (nSPS) is 12.2. The van der Waals surface area contributed by atoms with Crippen LogP contribution in [0.3, 0.4) is 0 Å². The topological polar surface area (TPSA) is 62.7 Å². The van der Waals surface area contributed by atoms with Crippen molar-refractivity contribution in [3.63, 3.8) is 0 Å². The Morgan fingerprint density at radius 3 is 2.44 bits per heavy atom. The molecule has 0 aliphatic heterocycles. The molecule has 2 N–H and O–H groups in total. The minimum atomic E-state index is 0.202. The van der Waals surface area contributed by atoms with Gasteiger partial charge in [0.15, 0.2) is 0 Å². The quantitative estimate of drug-likeness (QED) is 0.804. The minimum Gasteiger partial charge on any atom is -0.357 e. The maximum Gasteiger partial charge on any atom is 0.229 e. The van der Waals surface area contributed by atoms with Crippen molar-refractivity contribution >= 4 is 23.5 Å². The third kappa shape index (κ3) is 3.81. The van der Waals surface area contributed by atoms with Gasteiger partial charge in [0.1, 0.15) is 0 Å². The summed E-state index contributed by atoms with van der Waals surface area (Å²) in [5, 5.41) is 6.31. The van der Waals surface area contributed by atoms with Gasteiger partial charge < -0.3 is 10.6 Å². The number of hydrogen-bond acceptors (Lipinski definition) is 5. The van der Waals surface area contributed by atoms with Crippen LogP contribution in [0.4, 0.5) is 11.9 Å². The Kier molecular flexibility index (Phi) is 5.25. The van der Waals surface area contributed by atoms with Crippen LogP contribution < -0.4 is 10.6 Å². The highest BCUT2D eigenvalue weighted by atomic mass is 35.5. The van der Waals surface area contributed by atoms with Gasteiger partial charge in [-0.25, -0.2) is 0 Å². The van der Waals surface area contributed by atoms with Crippen LogP contribution in [0.15, 0.2) is 0 Å². The van der Waals surface area contributed by atoms with Crippen molar-refractivity contribution in [3.8, 4) is 0 Å². The number of anilines is 2. The van der Waals surface area contributed by atoms with Crippen molar-refractivity contribution in [1.29, 1.82) is 0 Å². The number of halogens is 1. The number of nitrogens with zero attached hydrogens (tertiary/aromatic N) is 3. The van der Waals surface area contributed by atoms with Gasteiger partial charge in [-0.15, -0.1) is 0 Å². The second-order valence-electron chi connectivity index (χ2n) is 3.54. The maximum atomic E-state index is 5.79. The summed E-state index contributed by atoms with van der Waals surface area (Å²) in [6.07, 6.45) is 3.25. The zero-order chi connectivity index (χ0) is 12.0. The first-order chi connectivity index (χ1) is 7.69. The van der Waals surface area contributed by atoms with Crippen LogP contribution in [0, 0.1) is 0 Å². The van der Waals surface area contributed by atoms with Crippen molar-refractivity contribution < 1.29 is 0 Å². The molecule has 0 aliphatic carbocycles. The van der Waals surface area contributed by atoms with E-state index in [2.05, 4.69) is 39.4 Å². The fourth-order valence-corrected chi connectivity index (χ4v) is 1.60. The highest BCUT2D eigenvalue weighted by molar-refractivity contribution is 6.28. The van der Waals surface area contributed by atoms with E-state index in [-0.39, 0.29) is 5.28 Å². The Labute approximate surface area is 101 Å². The summed E-state index contributed by atoms with van der Waals surface area (Å²) in [4.78, 5) is 12.2. The van der Waals surface area contributed by atoms with Gasteiger partial charge in [0, 0.05) is 13.1 Å². The van der Waals surface area contributed by atoms with Gasteiger partial charge in [-0.2, -0.15) is 15.0 Å². The zero-order valence-electron chi connectivity index (χ0n) is 9.92. The molecule has 0 bridgehead atoms. The molecule has 1 atom stereocenters. The average molecular weight is 244 g/mol. The SMILES string of the molecule is CCCC(CC)Nc1nc(Cl)nc(NC)n1. The van der Waals surface area contributed by atoms with Crippen LogP contribution in [-0.2, 0) is 0 Å². The van der Waals surface area contributed by atoms with E-state index in [1.165, 1.54) is 0 Å². The summed E-state index contributed by atoms with van der Waals surface area (Å²) in [7, 11) is 1.75. The van der Waals surface area contributed by atoms with Crippen LogP contribution in [0.5, 0.6) is 0 Å². The first-order valence-electron chi connectivity index (χ1n) is 5.55. The zero-order valence-corrected chi connectivity index (χ0v) is 10.7. The molecule has 0 saturated carbocycles. The first-order valence-corrected chi connectivity index (χ1v) is 5.93. The fourth-order valence-electron chi connectivity index (χ4n) is 1.44. The number of hydrogen-bond donors (Lipinski definition) is 2. The van der Waals surface area contributed by atoms with E-state index in [1.807, 2.05) is 0 Å². The summed E-state index contributed by atoms with van der Waals surface area (Å²) >= 11 is 5.79. The van der Waals surface area contributed by atoms with Gasteiger partial charge in [-0.3, -0.25) is 0 Å². The molecule has 0 fully saturated rings. The molecule has 1 aromatic rings. The molecule has 0 amide bonds. The third-order valence-corrected chi connectivity index (χ3v) is 2.46. The van der Waals surface area contributed by atoms with Crippen LogP contribution >= 0.6 is 11.6 Å². The molecule has 0 spiro atoms. The third-order valence-electron chi connectivity index (χ3n) is 2.29. The van der Waals surface area contributed by atoms with Crippen LogP contribution in [0.2, 0.25) is 5.28 Å². The standard InChI is InChI=1S/C10H18ClN5/c1-4-6-7(5-2)13-10-15-8(11)14-9(12-3)16-10/h7H,4-6H2,1-3H3,(H2,12,13,14,15,16). The van der Waals surface area contributed by atoms with E-state index in [0.29, 0.717) is 17.9 Å². The summed E-state index contributed by atoms with van der Waals surface area (Å²) < 4.78 is 0. The van der Waals surface area contributed by atoms with Crippen LogP contribution in [-0.4, -0.2) is 28.0 Å². The van der Waals surface area contributed by atoms with Crippen LogP contribution in [0.1, 0.15) is 33.1 Å². The Hall–Kier alpha value is -1.10. The Morgan fingerprint density at radius 2 is 1.88 bits per heavy atom. The van der Waals surface area contributed by atoms with Crippen molar-refractivity contribution in [2.45, 2.75) is 39.2 Å². The molecule has 0 radical (unpaired) electrons. The van der Waals surface area contributed by atoms with Gasteiger partial charge in [0.05, 0.1) is 0 Å². The lowest BCUT2D eigenvalue weighted by Gasteiger charge is -2.16. The molecule has 16 heavy (non-hydrogen) atoms. The second kappa shape index (κ2) is 6.48. The molecule has 1 unspecified atom stereocenters.